The fourth-order valence-electron chi connectivity index (χ4n) is 4.61. The SMILES string of the molecule is Cc1cc2c(n1C1CCCCC1C)CC(C)(C)CC2N. The molecule has 0 bridgehead atoms. The smallest absolute Gasteiger partial charge is 0.0361 e. The van der Waals surface area contributed by atoms with E-state index in [1.807, 2.05) is 0 Å². The highest BCUT2D eigenvalue weighted by molar-refractivity contribution is 5.34. The molecule has 1 aromatic heterocycles. The van der Waals surface area contributed by atoms with E-state index >= 15 is 0 Å². The molecular formula is C18H30N2. The minimum atomic E-state index is 0.229. The van der Waals surface area contributed by atoms with E-state index in [-0.39, 0.29) is 6.04 Å². The monoisotopic (exact) mass is 274 g/mol. The van der Waals surface area contributed by atoms with E-state index in [1.54, 1.807) is 5.69 Å². The van der Waals surface area contributed by atoms with Gasteiger partial charge in [0.05, 0.1) is 0 Å². The highest BCUT2D eigenvalue weighted by Gasteiger charge is 2.35. The van der Waals surface area contributed by atoms with Gasteiger partial charge in [0, 0.05) is 23.5 Å². The Morgan fingerprint density at radius 1 is 1.25 bits per heavy atom. The van der Waals surface area contributed by atoms with Gasteiger partial charge in [0.1, 0.15) is 0 Å². The number of aryl methyl sites for hydroxylation is 1. The summed E-state index contributed by atoms with van der Waals surface area (Å²) in [6.45, 7) is 9.45. The molecule has 20 heavy (non-hydrogen) atoms. The molecule has 3 atom stereocenters. The molecule has 2 aliphatic carbocycles. The average molecular weight is 274 g/mol. The second kappa shape index (κ2) is 4.91. The van der Waals surface area contributed by atoms with Gasteiger partial charge in [-0.1, -0.05) is 33.6 Å². The normalized spacial score (nSPS) is 33.0. The minimum Gasteiger partial charge on any atom is -0.345 e. The van der Waals surface area contributed by atoms with Gasteiger partial charge in [0.15, 0.2) is 0 Å². The van der Waals surface area contributed by atoms with Crippen molar-refractivity contribution in [3.8, 4) is 0 Å². The first-order valence-electron chi connectivity index (χ1n) is 8.35. The number of rotatable bonds is 1. The van der Waals surface area contributed by atoms with Crippen LogP contribution in [-0.2, 0) is 6.42 Å². The van der Waals surface area contributed by atoms with Crippen LogP contribution in [0, 0.1) is 18.3 Å². The standard InChI is InChI=1S/C18H30N2/c1-12-7-5-6-8-16(12)20-13(2)9-14-15(19)10-18(3,4)11-17(14)20/h9,12,15-16H,5-8,10-11,19H2,1-4H3. The summed E-state index contributed by atoms with van der Waals surface area (Å²) >= 11 is 0. The molecule has 112 valence electrons. The van der Waals surface area contributed by atoms with E-state index in [4.69, 9.17) is 5.73 Å². The van der Waals surface area contributed by atoms with Gasteiger partial charge in [0.25, 0.3) is 0 Å². The second-order valence-corrected chi connectivity index (χ2v) is 8.04. The first-order valence-corrected chi connectivity index (χ1v) is 8.35. The van der Waals surface area contributed by atoms with Crippen LogP contribution in [0.1, 0.15) is 81.9 Å². The van der Waals surface area contributed by atoms with E-state index in [9.17, 15) is 0 Å². The van der Waals surface area contributed by atoms with Crippen LogP contribution < -0.4 is 5.73 Å². The lowest BCUT2D eigenvalue weighted by Crippen LogP contribution is -2.32. The predicted octanol–water partition coefficient (Wildman–Crippen LogP) is 4.52. The summed E-state index contributed by atoms with van der Waals surface area (Å²) in [5, 5.41) is 0. The molecule has 2 aliphatic rings. The van der Waals surface area contributed by atoms with Crippen molar-refractivity contribution in [2.24, 2.45) is 17.1 Å². The van der Waals surface area contributed by atoms with Crippen LogP contribution in [0.15, 0.2) is 6.07 Å². The Morgan fingerprint density at radius 2 is 1.95 bits per heavy atom. The highest BCUT2D eigenvalue weighted by atomic mass is 15.0. The number of nitrogens with zero attached hydrogens (tertiary/aromatic N) is 1. The van der Waals surface area contributed by atoms with E-state index in [1.165, 1.54) is 43.4 Å². The van der Waals surface area contributed by atoms with Gasteiger partial charge in [-0.15, -0.1) is 0 Å². The van der Waals surface area contributed by atoms with Crippen molar-refractivity contribution in [3.63, 3.8) is 0 Å². The average Bonchev–Trinajstić information content (AvgIpc) is 2.66. The minimum absolute atomic E-state index is 0.229. The summed E-state index contributed by atoms with van der Waals surface area (Å²) in [5.74, 6) is 0.806. The molecular weight excluding hydrogens is 244 g/mol. The fraction of sp³-hybridized carbons (Fsp3) is 0.778. The molecule has 0 radical (unpaired) electrons. The Morgan fingerprint density at radius 3 is 2.65 bits per heavy atom. The maximum atomic E-state index is 6.46. The Kier molecular flexibility index (Phi) is 3.48. The van der Waals surface area contributed by atoms with Crippen molar-refractivity contribution in [3.05, 3.63) is 23.0 Å². The zero-order valence-electron chi connectivity index (χ0n) is 13.6. The topological polar surface area (TPSA) is 30.9 Å². The van der Waals surface area contributed by atoms with Gasteiger partial charge in [-0.3, -0.25) is 0 Å². The molecule has 2 N–H and O–H groups in total. The molecule has 1 aromatic rings. The van der Waals surface area contributed by atoms with Crippen molar-refractivity contribution in [1.29, 1.82) is 0 Å². The summed E-state index contributed by atoms with van der Waals surface area (Å²) in [7, 11) is 0. The van der Waals surface area contributed by atoms with Crippen LogP contribution in [0.2, 0.25) is 0 Å². The molecule has 1 saturated carbocycles. The number of aromatic nitrogens is 1. The van der Waals surface area contributed by atoms with Crippen molar-refractivity contribution < 1.29 is 0 Å². The lowest BCUT2D eigenvalue weighted by Gasteiger charge is -2.38. The van der Waals surface area contributed by atoms with Crippen LogP contribution >= 0.6 is 0 Å². The van der Waals surface area contributed by atoms with E-state index in [0.29, 0.717) is 11.5 Å². The van der Waals surface area contributed by atoms with Crippen molar-refractivity contribution in [2.45, 2.75) is 78.3 Å². The third-order valence-electron chi connectivity index (χ3n) is 5.58. The van der Waals surface area contributed by atoms with Gasteiger partial charge in [-0.25, -0.2) is 0 Å². The van der Waals surface area contributed by atoms with E-state index in [0.717, 1.165) is 12.3 Å². The second-order valence-electron chi connectivity index (χ2n) is 8.04. The number of fused-ring (bicyclic) bond motifs is 1. The van der Waals surface area contributed by atoms with E-state index < -0.39 is 0 Å². The molecule has 3 unspecified atom stereocenters. The zero-order valence-corrected chi connectivity index (χ0v) is 13.6. The lowest BCUT2D eigenvalue weighted by molar-refractivity contribution is 0.229. The zero-order chi connectivity index (χ0) is 14.5. The number of nitrogens with two attached hydrogens (primary N) is 1. The van der Waals surface area contributed by atoms with Gasteiger partial charge >= 0.3 is 0 Å². The highest BCUT2D eigenvalue weighted by Crippen LogP contribution is 2.44. The summed E-state index contributed by atoms with van der Waals surface area (Å²) in [5.41, 5.74) is 11.2. The molecule has 0 saturated heterocycles. The van der Waals surface area contributed by atoms with Crippen LogP contribution in [0.5, 0.6) is 0 Å². The van der Waals surface area contributed by atoms with Crippen LogP contribution in [0.3, 0.4) is 0 Å². The molecule has 1 fully saturated rings. The van der Waals surface area contributed by atoms with Crippen LogP contribution in [-0.4, -0.2) is 4.57 Å². The third-order valence-corrected chi connectivity index (χ3v) is 5.58. The Hall–Kier alpha value is -0.760. The number of hydrogen-bond donors (Lipinski definition) is 1. The summed E-state index contributed by atoms with van der Waals surface area (Å²) < 4.78 is 2.67. The quantitative estimate of drug-likeness (QED) is 0.802. The van der Waals surface area contributed by atoms with Gasteiger partial charge in [0.2, 0.25) is 0 Å². The molecule has 1 heterocycles. The largest absolute Gasteiger partial charge is 0.345 e. The molecule has 0 spiro atoms. The predicted molar refractivity (Wildman–Crippen MR) is 84.9 cm³/mol. The van der Waals surface area contributed by atoms with E-state index in [2.05, 4.69) is 38.3 Å². The Labute approximate surface area is 123 Å². The van der Waals surface area contributed by atoms with Crippen molar-refractivity contribution >= 4 is 0 Å². The maximum absolute atomic E-state index is 6.46. The van der Waals surface area contributed by atoms with Crippen LogP contribution in [0.25, 0.3) is 0 Å². The van der Waals surface area contributed by atoms with Crippen LogP contribution in [0.4, 0.5) is 0 Å². The van der Waals surface area contributed by atoms with Gasteiger partial charge < -0.3 is 10.3 Å². The summed E-state index contributed by atoms with van der Waals surface area (Å²) in [4.78, 5) is 0. The molecule has 3 rings (SSSR count). The maximum Gasteiger partial charge on any atom is 0.0361 e. The molecule has 0 aliphatic heterocycles. The summed E-state index contributed by atoms with van der Waals surface area (Å²) in [6, 6.07) is 3.30. The number of hydrogen-bond acceptors (Lipinski definition) is 1. The first kappa shape index (κ1) is 14.2. The Bertz CT molecular complexity index is 498. The molecule has 2 nitrogen and oxygen atoms in total. The van der Waals surface area contributed by atoms with Crippen molar-refractivity contribution in [2.75, 3.05) is 0 Å². The summed E-state index contributed by atoms with van der Waals surface area (Å²) in [6.07, 6.45) is 7.82. The van der Waals surface area contributed by atoms with Gasteiger partial charge in [-0.05, 0) is 55.6 Å². The Balaban J connectivity index is 2.04. The molecule has 0 amide bonds. The fourth-order valence-corrected chi connectivity index (χ4v) is 4.61. The van der Waals surface area contributed by atoms with Gasteiger partial charge in [-0.2, -0.15) is 0 Å². The van der Waals surface area contributed by atoms with Crippen molar-refractivity contribution in [1.82, 2.24) is 4.57 Å². The lowest BCUT2D eigenvalue weighted by atomic mass is 9.74. The first-order chi connectivity index (χ1) is 9.39. The third kappa shape index (κ3) is 2.32. The molecule has 0 aromatic carbocycles. The molecule has 2 heteroatoms.